The van der Waals surface area contributed by atoms with Crippen LogP contribution in [0.2, 0.25) is 0 Å². The highest BCUT2D eigenvalue weighted by atomic mass is 32.2. The summed E-state index contributed by atoms with van der Waals surface area (Å²) >= 11 is 1.39. The van der Waals surface area contributed by atoms with Crippen LogP contribution in [-0.4, -0.2) is 15.3 Å². The lowest BCUT2D eigenvalue weighted by molar-refractivity contribution is 0.252. The van der Waals surface area contributed by atoms with Gasteiger partial charge in [-0.15, -0.1) is 11.3 Å². The zero-order valence-corrected chi connectivity index (χ0v) is 15.7. The Balaban J connectivity index is 2.25. The van der Waals surface area contributed by atoms with Gasteiger partial charge in [0.15, 0.2) is 5.57 Å². The summed E-state index contributed by atoms with van der Waals surface area (Å²) in [7, 11) is 0. The van der Waals surface area contributed by atoms with Crippen LogP contribution in [0.1, 0.15) is 5.69 Å². The molecule has 2 aromatic heterocycles. The molecule has 0 bridgehead atoms. The van der Waals surface area contributed by atoms with Gasteiger partial charge in [0.05, 0.1) is 15.9 Å². The third-order valence-corrected chi connectivity index (χ3v) is 5.36. The van der Waals surface area contributed by atoms with E-state index in [1.54, 1.807) is 42.6 Å². The predicted octanol–water partition coefficient (Wildman–Crippen LogP) is 2.64. The molecule has 2 heterocycles. The maximum atomic E-state index is 13.0. The average Bonchev–Trinajstić information content (AvgIpc) is 3.00. The van der Waals surface area contributed by atoms with Crippen LogP contribution in [0.25, 0.3) is 17.3 Å². The minimum atomic E-state index is -2.55. The molecule has 0 aliphatic rings. The van der Waals surface area contributed by atoms with Crippen LogP contribution in [-0.2, 0) is 0 Å². The van der Waals surface area contributed by atoms with Gasteiger partial charge in [-0.25, -0.2) is 0 Å². The van der Waals surface area contributed by atoms with E-state index in [1.807, 2.05) is 0 Å². The number of alkyl halides is 2. The van der Waals surface area contributed by atoms with Gasteiger partial charge in [0.2, 0.25) is 0 Å². The molecule has 1 aromatic carbocycles. The highest BCUT2D eigenvalue weighted by Gasteiger charge is 2.12. The number of hydrogen-bond acceptors (Lipinski definition) is 6. The van der Waals surface area contributed by atoms with Crippen LogP contribution in [0.5, 0.6) is 0 Å². The number of benzene rings is 1. The predicted molar refractivity (Wildman–Crippen MR) is 103 cm³/mol. The van der Waals surface area contributed by atoms with Crippen molar-refractivity contribution in [3.8, 4) is 17.8 Å². The largest absolute Gasteiger partial charge is 0.288 e. The van der Waals surface area contributed by atoms with Crippen molar-refractivity contribution in [2.24, 2.45) is 0 Å². The van der Waals surface area contributed by atoms with Gasteiger partial charge in [0.1, 0.15) is 16.8 Å². The van der Waals surface area contributed by atoms with Crippen molar-refractivity contribution in [1.29, 1.82) is 10.5 Å². The molecule has 0 atom stereocenters. The maximum absolute atomic E-state index is 13.0. The zero-order chi connectivity index (χ0) is 20.1. The molecule has 3 rings (SSSR count). The van der Waals surface area contributed by atoms with E-state index in [0.29, 0.717) is 32.6 Å². The van der Waals surface area contributed by atoms with E-state index < -0.39 is 11.3 Å². The Labute approximate surface area is 166 Å². The second-order valence-electron chi connectivity index (χ2n) is 5.28. The topological polar surface area (TPSA) is 82.5 Å². The Bertz CT molecular complexity index is 1230. The van der Waals surface area contributed by atoms with Gasteiger partial charge in [0.25, 0.3) is 11.3 Å². The van der Waals surface area contributed by atoms with E-state index in [1.165, 1.54) is 28.8 Å². The molecule has 0 saturated heterocycles. The normalized spacial score (nSPS) is 11.2. The highest BCUT2D eigenvalue weighted by Crippen LogP contribution is 2.25. The molecule has 138 valence electrons. The van der Waals surface area contributed by atoms with Crippen LogP contribution in [0.4, 0.5) is 8.78 Å². The van der Waals surface area contributed by atoms with E-state index in [2.05, 4.69) is 4.98 Å². The number of rotatable bonds is 4. The number of thiazole rings is 1. The first-order valence-electron chi connectivity index (χ1n) is 7.78. The third kappa shape index (κ3) is 4.17. The zero-order valence-electron chi connectivity index (χ0n) is 14.0. The summed E-state index contributed by atoms with van der Waals surface area (Å²) in [5, 5.41) is 18.5. The molecule has 3 aromatic rings. The number of halogens is 2. The van der Waals surface area contributed by atoms with E-state index in [0.717, 1.165) is 11.3 Å². The molecule has 5 nitrogen and oxygen atoms in total. The molecule has 0 aliphatic carbocycles. The number of pyridine rings is 1. The minimum absolute atomic E-state index is 0.173. The Morgan fingerprint density at radius 3 is 2.46 bits per heavy atom. The van der Waals surface area contributed by atoms with E-state index >= 15 is 0 Å². The lowest BCUT2D eigenvalue weighted by Gasteiger charge is -2.04. The summed E-state index contributed by atoms with van der Waals surface area (Å²) in [5.41, 5.74) is 0.286. The lowest BCUT2D eigenvalue weighted by atomic mass is 10.3. The molecule has 0 unspecified atom stereocenters. The number of aromatic nitrogens is 2. The van der Waals surface area contributed by atoms with Gasteiger partial charge in [-0.2, -0.15) is 19.3 Å². The number of nitriles is 2. The number of thioether (sulfide) groups is 1. The number of nitrogens with zero attached hydrogens (tertiary/aromatic N) is 4. The fourth-order valence-electron chi connectivity index (χ4n) is 2.38. The van der Waals surface area contributed by atoms with Crippen LogP contribution in [0.15, 0.2) is 58.4 Å². The molecule has 28 heavy (non-hydrogen) atoms. The monoisotopic (exact) mass is 412 g/mol. The van der Waals surface area contributed by atoms with E-state index in [9.17, 15) is 24.1 Å². The molecule has 0 fully saturated rings. The molecular weight excluding hydrogens is 402 g/mol. The van der Waals surface area contributed by atoms with Crippen molar-refractivity contribution >= 4 is 34.7 Å². The van der Waals surface area contributed by atoms with Crippen LogP contribution in [0, 0.1) is 22.7 Å². The van der Waals surface area contributed by atoms with E-state index in [4.69, 9.17) is 0 Å². The van der Waals surface area contributed by atoms with Crippen molar-refractivity contribution in [1.82, 2.24) is 9.55 Å². The Kier molecular flexibility index (Phi) is 5.99. The third-order valence-electron chi connectivity index (χ3n) is 3.55. The van der Waals surface area contributed by atoms with Crippen LogP contribution < -0.4 is 14.8 Å². The SMILES string of the molecule is N#CC(C#N)=c1s/c(=C/c2ccccn2)c(=O)n1-c1ccc(SC(F)F)cc1. The van der Waals surface area contributed by atoms with Crippen molar-refractivity contribution in [2.75, 3.05) is 0 Å². The molecule has 0 amide bonds. The maximum Gasteiger partial charge on any atom is 0.288 e. The first kappa shape index (κ1) is 19.5. The first-order chi connectivity index (χ1) is 13.5. The van der Waals surface area contributed by atoms with Gasteiger partial charge in [-0.1, -0.05) is 17.8 Å². The van der Waals surface area contributed by atoms with Gasteiger partial charge >= 0.3 is 0 Å². The molecule has 0 aliphatic heterocycles. The van der Waals surface area contributed by atoms with Crippen LogP contribution >= 0.6 is 23.1 Å². The second kappa shape index (κ2) is 8.61. The molecular formula is C19H10F2N4OS2. The first-order valence-corrected chi connectivity index (χ1v) is 9.47. The summed E-state index contributed by atoms with van der Waals surface area (Å²) in [4.78, 5) is 17.4. The summed E-state index contributed by atoms with van der Waals surface area (Å²) in [6.45, 7) is 0. The van der Waals surface area contributed by atoms with Crippen LogP contribution in [0.3, 0.4) is 0 Å². The van der Waals surface area contributed by atoms with Crippen molar-refractivity contribution in [3.63, 3.8) is 0 Å². The van der Waals surface area contributed by atoms with Gasteiger partial charge in [-0.05, 0) is 42.5 Å². The van der Waals surface area contributed by atoms with Crippen molar-refractivity contribution in [3.05, 3.63) is 73.9 Å². The molecule has 0 spiro atoms. The fraction of sp³-hybridized carbons (Fsp3) is 0.0526. The summed E-state index contributed by atoms with van der Waals surface area (Å²) in [5.74, 6) is -2.55. The second-order valence-corrected chi connectivity index (χ2v) is 7.38. The molecule has 0 radical (unpaired) electrons. The average molecular weight is 412 g/mol. The number of hydrogen-bond donors (Lipinski definition) is 0. The summed E-state index contributed by atoms with van der Waals surface area (Å²) in [6, 6.07) is 14.7. The van der Waals surface area contributed by atoms with Gasteiger partial charge in [-0.3, -0.25) is 14.3 Å². The minimum Gasteiger partial charge on any atom is -0.267 e. The summed E-state index contributed by atoms with van der Waals surface area (Å²) < 4.78 is 26.7. The van der Waals surface area contributed by atoms with Crippen molar-refractivity contribution < 1.29 is 8.78 Å². The fourth-order valence-corrected chi connectivity index (χ4v) is 3.92. The Hall–Kier alpha value is -3.27. The highest BCUT2D eigenvalue weighted by molar-refractivity contribution is 7.99. The molecule has 9 heteroatoms. The summed E-state index contributed by atoms with van der Waals surface area (Å²) in [6.07, 6.45) is 3.15. The molecule has 0 saturated carbocycles. The Morgan fingerprint density at radius 2 is 1.89 bits per heavy atom. The molecule has 0 N–H and O–H groups in total. The quantitative estimate of drug-likeness (QED) is 0.616. The van der Waals surface area contributed by atoms with E-state index in [-0.39, 0.29) is 10.2 Å². The van der Waals surface area contributed by atoms with Gasteiger partial charge in [0, 0.05) is 11.1 Å². The van der Waals surface area contributed by atoms with Gasteiger partial charge < -0.3 is 0 Å². The standard InChI is InChI=1S/C19H10F2N4OS2/c20-19(21)27-15-6-4-14(5-7-15)25-17(26)16(9-13-3-1-2-8-24-13)28-18(25)12(10-22)11-23/h1-9,19H/b16-9+. The lowest BCUT2D eigenvalue weighted by Crippen LogP contribution is -2.30. The van der Waals surface area contributed by atoms with Crippen molar-refractivity contribution in [2.45, 2.75) is 10.7 Å². The Morgan fingerprint density at radius 1 is 1.18 bits per heavy atom. The smallest absolute Gasteiger partial charge is 0.267 e.